The smallest absolute Gasteiger partial charge is 0.307 e. The molecule has 21 heavy (non-hydrogen) atoms. The first kappa shape index (κ1) is 15.4. The molecular weight excluding hydrogens is 294 g/mol. The third-order valence-corrected chi connectivity index (χ3v) is 3.09. The van der Waals surface area contributed by atoms with Gasteiger partial charge in [-0.05, 0) is 38.1 Å². The Morgan fingerprint density at radius 1 is 1.38 bits per heavy atom. The molecule has 2 rings (SSSR count). The molecule has 0 radical (unpaired) electrons. The first-order chi connectivity index (χ1) is 9.99. The molecule has 1 amide bonds. The van der Waals surface area contributed by atoms with Gasteiger partial charge in [-0.25, -0.2) is 0 Å². The molecule has 0 aliphatic heterocycles. The van der Waals surface area contributed by atoms with Crippen molar-refractivity contribution in [3.05, 3.63) is 35.0 Å². The van der Waals surface area contributed by atoms with Crippen molar-refractivity contribution in [1.82, 2.24) is 5.32 Å². The van der Waals surface area contributed by atoms with Crippen LogP contribution >= 0.6 is 11.6 Å². The number of esters is 1. The zero-order chi connectivity index (χ0) is 15.4. The average molecular weight is 310 g/mol. The summed E-state index contributed by atoms with van der Waals surface area (Å²) in [6.45, 7) is 3.79. The third kappa shape index (κ3) is 3.98. The van der Waals surface area contributed by atoms with Crippen molar-refractivity contribution in [1.29, 1.82) is 0 Å². The summed E-state index contributed by atoms with van der Waals surface area (Å²) in [6, 6.07) is 6.40. The van der Waals surface area contributed by atoms with E-state index in [1.165, 1.54) is 0 Å². The number of carbonyl (C=O) groups is 2. The molecule has 0 spiro atoms. The molecule has 0 saturated carbocycles. The van der Waals surface area contributed by atoms with Crippen LogP contribution in [0.1, 0.15) is 30.8 Å². The topological polar surface area (TPSA) is 68.5 Å². The van der Waals surface area contributed by atoms with Gasteiger partial charge in [-0.2, -0.15) is 0 Å². The van der Waals surface area contributed by atoms with Crippen LogP contribution in [0, 0.1) is 0 Å². The van der Waals surface area contributed by atoms with Crippen molar-refractivity contribution in [3.8, 4) is 0 Å². The zero-order valence-corrected chi connectivity index (χ0v) is 12.6. The van der Waals surface area contributed by atoms with E-state index in [0.717, 1.165) is 5.39 Å². The van der Waals surface area contributed by atoms with Crippen LogP contribution in [-0.2, 0) is 9.53 Å². The van der Waals surface area contributed by atoms with Gasteiger partial charge in [-0.3, -0.25) is 9.59 Å². The lowest BCUT2D eigenvalue weighted by Gasteiger charge is -2.11. The summed E-state index contributed by atoms with van der Waals surface area (Å²) in [6.07, 6.45) is 0.117. The molecule has 1 aromatic carbocycles. The van der Waals surface area contributed by atoms with Crippen LogP contribution in [0.3, 0.4) is 0 Å². The van der Waals surface area contributed by atoms with E-state index in [-0.39, 0.29) is 30.1 Å². The molecule has 5 nitrogen and oxygen atoms in total. The van der Waals surface area contributed by atoms with Crippen molar-refractivity contribution in [2.75, 3.05) is 6.61 Å². The van der Waals surface area contributed by atoms with Crippen molar-refractivity contribution in [2.45, 2.75) is 26.3 Å². The fourth-order valence-electron chi connectivity index (χ4n) is 1.94. The summed E-state index contributed by atoms with van der Waals surface area (Å²) in [4.78, 5) is 23.4. The number of nitrogens with one attached hydrogen (secondary N) is 1. The van der Waals surface area contributed by atoms with Crippen LogP contribution in [-0.4, -0.2) is 24.5 Å². The Bertz CT molecular complexity index is 665. The fourth-order valence-corrected chi connectivity index (χ4v) is 2.12. The molecule has 1 heterocycles. The van der Waals surface area contributed by atoms with Crippen LogP contribution in [0.4, 0.5) is 0 Å². The molecular formula is C15H16ClNO4. The second-order valence-electron chi connectivity index (χ2n) is 4.68. The summed E-state index contributed by atoms with van der Waals surface area (Å²) in [5.41, 5.74) is 0.586. The normalized spacial score (nSPS) is 12.1. The van der Waals surface area contributed by atoms with Crippen LogP contribution < -0.4 is 5.32 Å². The van der Waals surface area contributed by atoms with E-state index in [1.54, 1.807) is 38.1 Å². The highest BCUT2D eigenvalue weighted by Gasteiger charge is 2.17. The summed E-state index contributed by atoms with van der Waals surface area (Å²) in [5, 5.41) is 4.02. The van der Waals surface area contributed by atoms with Gasteiger partial charge in [0.1, 0.15) is 5.58 Å². The van der Waals surface area contributed by atoms with Gasteiger partial charge in [0.05, 0.1) is 13.0 Å². The Kier molecular flexibility index (Phi) is 4.85. The number of amides is 1. The summed E-state index contributed by atoms with van der Waals surface area (Å²) >= 11 is 5.89. The number of ether oxygens (including phenoxy) is 1. The molecule has 0 aliphatic rings. The Morgan fingerprint density at radius 2 is 2.14 bits per heavy atom. The molecule has 0 fully saturated rings. The number of benzene rings is 1. The lowest BCUT2D eigenvalue weighted by Crippen LogP contribution is -2.34. The Morgan fingerprint density at radius 3 is 2.86 bits per heavy atom. The minimum Gasteiger partial charge on any atom is -0.466 e. The molecule has 6 heteroatoms. The van der Waals surface area contributed by atoms with Crippen molar-refractivity contribution in [2.24, 2.45) is 0 Å². The maximum absolute atomic E-state index is 12.1. The van der Waals surface area contributed by atoms with Gasteiger partial charge >= 0.3 is 5.97 Å². The van der Waals surface area contributed by atoms with Crippen LogP contribution in [0.2, 0.25) is 5.02 Å². The number of carbonyl (C=O) groups excluding carboxylic acids is 2. The van der Waals surface area contributed by atoms with Gasteiger partial charge in [0.25, 0.3) is 5.91 Å². The monoisotopic (exact) mass is 309 g/mol. The lowest BCUT2D eigenvalue weighted by atomic mass is 10.2. The van der Waals surface area contributed by atoms with E-state index in [4.69, 9.17) is 20.8 Å². The third-order valence-electron chi connectivity index (χ3n) is 2.86. The Labute approximate surface area is 127 Å². The van der Waals surface area contributed by atoms with Gasteiger partial charge in [0, 0.05) is 16.5 Å². The number of rotatable bonds is 5. The van der Waals surface area contributed by atoms with E-state index < -0.39 is 0 Å². The number of halogens is 1. The largest absolute Gasteiger partial charge is 0.466 e. The van der Waals surface area contributed by atoms with Crippen molar-refractivity contribution in [3.63, 3.8) is 0 Å². The van der Waals surface area contributed by atoms with Crippen molar-refractivity contribution < 1.29 is 18.7 Å². The number of furan rings is 1. The Hall–Kier alpha value is -2.01. The van der Waals surface area contributed by atoms with Crippen LogP contribution in [0.15, 0.2) is 28.7 Å². The second kappa shape index (κ2) is 6.63. The molecule has 2 aromatic rings. The van der Waals surface area contributed by atoms with Gasteiger partial charge < -0.3 is 14.5 Å². The van der Waals surface area contributed by atoms with E-state index in [0.29, 0.717) is 17.2 Å². The molecule has 112 valence electrons. The minimum absolute atomic E-state index is 0.117. The number of hydrogen-bond donors (Lipinski definition) is 1. The van der Waals surface area contributed by atoms with Gasteiger partial charge in [0.15, 0.2) is 5.76 Å². The minimum atomic E-state index is -0.376. The van der Waals surface area contributed by atoms with Gasteiger partial charge in [-0.1, -0.05) is 11.6 Å². The molecule has 1 aromatic heterocycles. The molecule has 0 saturated heterocycles. The van der Waals surface area contributed by atoms with E-state index >= 15 is 0 Å². The standard InChI is InChI=1S/C15H16ClNO4/c1-3-20-14(18)6-9(2)17-15(19)13-8-10-7-11(16)4-5-12(10)21-13/h4-5,7-9H,3,6H2,1-2H3,(H,17,19)/t9-/m1/s1. The van der Waals surface area contributed by atoms with Crippen LogP contribution in [0.5, 0.6) is 0 Å². The average Bonchev–Trinajstić information content (AvgIpc) is 2.81. The highest BCUT2D eigenvalue weighted by molar-refractivity contribution is 6.31. The van der Waals surface area contributed by atoms with E-state index in [9.17, 15) is 9.59 Å². The van der Waals surface area contributed by atoms with E-state index in [2.05, 4.69) is 5.32 Å². The SMILES string of the molecule is CCOC(=O)C[C@@H](C)NC(=O)c1cc2cc(Cl)ccc2o1. The Balaban J connectivity index is 2.03. The van der Waals surface area contributed by atoms with Crippen LogP contribution in [0.25, 0.3) is 11.0 Å². The van der Waals surface area contributed by atoms with Crippen molar-refractivity contribution >= 4 is 34.4 Å². The fraction of sp³-hybridized carbons (Fsp3) is 0.333. The summed E-state index contributed by atoms with van der Waals surface area (Å²) in [5.74, 6) is -0.538. The summed E-state index contributed by atoms with van der Waals surface area (Å²) < 4.78 is 10.3. The molecule has 0 bridgehead atoms. The second-order valence-corrected chi connectivity index (χ2v) is 5.11. The predicted molar refractivity (Wildman–Crippen MR) is 79.4 cm³/mol. The number of hydrogen-bond acceptors (Lipinski definition) is 4. The first-order valence-corrected chi connectivity index (χ1v) is 7.03. The van der Waals surface area contributed by atoms with Gasteiger partial charge in [-0.15, -0.1) is 0 Å². The predicted octanol–water partition coefficient (Wildman–Crippen LogP) is 3.16. The molecule has 0 aliphatic carbocycles. The zero-order valence-electron chi connectivity index (χ0n) is 11.8. The first-order valence-electron chi connectivity index (χ1n) is 6.65. The highest BCUT2D eigenvalue weighted by atomic mass is 35.5. The maximum atomic E-state index is 12.1. The molecule has 1 N–H and O–H groups in total. The highest BCUT2D eigenvalue weighted by Crippen LogP contribution is 2.23. The molecule has 1 atom stereocenters. The maximum Gasteiger partial charge on any atom is 0.307 e. The van der Waals surface area contributed by atoms with E-state index in [1.807, 2.05) is 0 Å². The lowest BCUT2D eigenvalue weighted by molar-refractivity contribution is -0.143. The number of fused-ring (bicyclic) bond motifs is 1. The quantitative estimate of drug-likeness (QED) is 0.861. The summed E-state index contributed by atoms with van der Waals surface area (Å²) in [7, 11) is 0. The van der Waals surface area contributed by atoms with Gasteiger partial charge in [0.2, 0.25) is 0 Å². The molecule has 0 unspecified atom stereocenters.